The third-order valence-corrected chi connectivity index (χ3v) is 5.07. The van der Waals surface area contributed by atoms with Crippen LogP contribution < -0.4 is 19.5 Å². The largest absolute Gasteiger partial charge is 0.495 e. The van der Waals surface area contributed by atoms with E-state index in [4.69, 9.17) is 37.4 Å². The molecular formula is C25H20Cl2N2O4. The molecule has 1 amide bonds. The van der Waals surface area contributed by atoms with Crippen LogP contribution in [0.15, 0.2) is 66.2 Å². The van der Waals surface area contributed by atoms with Crippen molar-refractivity contribution in [2.24, 2.45) is 0 Å². The maximum absolute atomic E-state index is 12.7. The standard InChI is InChI=1S/C25H20Cl2N2O4/c1-31-22-10-8-20(27)13-21(22)29-25(30)18(14-28)11-17-5-9-23(24(12-17)32-2)33-15-16-3-6-19(26)7-4-16/h3-13H,15H2,1-2H3,(H,29,30)/b18-11+. The van der Waals surface area contributed by atoms with Crippen molar-refractivity contribution < 1.29 is 19.0 Å². The van der Waals surface area contributed by atoms with E-state index in [-0.39, 0.29) is 5.57 Å². The highest BCUT2D eigenvalue weighted by Crippen LogP contribution is 2.31. The van der Waals surface area contributed by atoms with Gasteiger partial charge in [0.25, 0.3) is 5.91 Å². The Morgan fingerprint density at radius 3 is 2.27 bits per heavy atom. The summed E-state index contributed by atoms with van der Waals surface area (Å²) in [5.41, 5.74) is 1.80. The molecule has 8 heteroatoms. The second-order valence-electron chi connectivity index (χ2n) is 6.79. The van der Waals surface area contributed by atoms with Crippen LogP contribution in [0.25, 0.3) is 6.08 Å². The quantitative estimate of drug-likeness (QED) is 0.308. The Balaban J connectivity index is 1.77. The number of rotatable bonds is 8. The molecule has 3 aromatic carbocycles. The van der Waals surface area contributed by atoms with E-state index in [0.717, 1.165) is 5.56 Å². The van der Waals surface area contributed by atoms with Crippen LogP contribution in [-0.2, 0) is 11.4 Å². The summed E-state index contributed by atoms with van der Waals surface area (Å²) in [7, 11) is 2.99. The smallest absolute Gasteiger partial charge is 0.266 e. The predicted molar refractivity (Wildman–Crippen MR) is 129 cm³/mol. The van der Waals surface area contributed by atoms with Gasteiger partial charge in [-0.3, -0.25) is 4.79 Å². The number of anilines is 1. The molecular weight excluding hydrogens is 463 g/mol. The molecule has 0 spiro atoms. The van der Waals surface area contributed by atoms with Crippen LogP contribution in [-0.4, -0.2) is 20.1 Å². The molecule has 0 aromatic heterocycles. The van der Waals surface area contributed by atoms with E-state index in [9.17, 15) is 10.1 Å². The molecule has 0 atom stereocenters. The SMILES string of the molecule is COc1ccc(Cl)cc1NC(=O)/C(C#N)=C/c1ccc(OCc2ccc(Cl)cc2)c(OC)c1. The molecule has 0 aliphatic rings. The summed E-state index contributed by atoms with van der Waals surface area (Å²) in [4.78, 5) is 12.7. The molecule has 0 saturated heterocycles. The monoisotopic (exact) mass is 482 g/mol. The van der Waals surface area contributed by atoms with Crippen molar-refractivity contribution in [1.29, 1.82) is 5.26 Å². The number of hydrogen-bond donors (Lipinski definition) is 1. The van der Waals surface area contributed by atoms with Gasteiger partial charge >= 0.3 is 0 Å². The molecule has 168 valence electrons. The Hall–Kier alpha value is -3.66. The first kappa shape index (κ1) is 24.0. The fraction of sp³-hybridized carbons (Fsp3) is 0.120. The molecule has 0 saturated carbocycles. The van der Waals surface area contributed by atoms with Gasteiger partial charge in [-0.2, -0.15) is 5.26 Å². The lowest BCUT2D eigenvalue weighted by Gasteiger charge is -2.12. The van der Waals surface area contributed by atoms with Crippen molar-refractivity contribution in [2.45, 2.75) is 6.61 Å². The molecule has 0 bridgehead atoms. The topological polar surface area (TPSA) is 80.6 Å². The number of ether oxygens (including phenoxy) is 3. The van der Waals surface area contributed by atoms with Crippen LogP contribution in [0.4, 0.5) is 5.69 Å². The van der Waals surface area contributed by atoms with Crippen molar-refractivity contribution in [2.75, 3.05) is 19.5 Å². The van der Waals surface area contributed by atoms with Crippen LogP contribution in [0.2, 0.25) is 10.0 Å². The van der Waals surface area contributed by atoms with Gasteiger partial charge < -0.3 is 19.5 Å². The van der Waals surface area contributed by atoms with Gasteiger partial charge in [0.2, 0.25) is 0 Å². The predicted octanol–water partition coefficient (Wildman–Crippen LogP) is 6.14. The highest BCUT2D eigenvalue weighted by molar-refractivity contribution is 6.31. The van der Waals surface area contributed by atoms with Gasteiger partial charge in [-0.1, -0.05) is 41.4 Å². The van der Waals surface area contributed by atoms with E-state index in [2.05, 4.69) is 5.32 Å². The van der Waals surface area contributed by atoms with E-state index in [1.54, 1.807) is 48.5 Å². The van der Waals surface area contributed by atoms with Gasteiger partial charge in [0.15, 0.2) is 11.5 Å². The summed E-state index contributed by atoms with van der Waals surface area (Å²) in [6.45, 7) is 0.329. The number of methoxy groups -OCH3 is 2. The van der Waals surface area contributed by atoms with Crippen LogP contribution in [0.1, 0.15) is 11.1 Å². The molecule has 0 aliphatic carbocycles. The molecule has 0 unspecified atom stereocenters. The molecule has 1 N–H and O–H groups in total. The number of benzene rings is 3. The normalized spacial score (nSPS) is 10.8. The maximum atomic E-state index is 12.7. The maximum Gasteiger partial charge on any atom is 0.266 e. The molecule has 0 aliphatic heterocycles. The van der Waals surface area contributed by atoms with Gasteiger partial charge in [0.05, 0.1) is 19.9 Å². The highest BCUT2D eigenvalue weighted by atomic mass is 35.5. The van der Waals surface area contributed by atoms with Gasteiger partial charge in [0, 0.05) is 10.0 Å². The third-order valence-electron chi connectivity index (χ3n) is 4.58. The number of hydrogen-bond acceptors (Lipinski definition) is 5. The first-order valence-corrected chi connectivity index (χ1v) is 10.5. The lowest BCUT2D eigenvalue weighted by Crippen LogP contribution is -2.14. The summed E-state index contributed by atoms with van der Waals surface area (Å²) in [5, 5.41) is 13.3. The Morgan fingerprint density at radius 1 is 0.939 bits per heavy atom. The fourth-order valence-electron chi connectivity index (χ4n) is 2.92. The van der Waals surface area contributed by atoms with E-state index in [0.29, 0.717) is 45.2 Å². The first-order chi connectivity index (χ1) is 15.9. The summed E-state index contributed by atoms with van der Waals surface area (Å²) in [5.74, 6) is 0.817. The highest BCUT2D eigenvalue weighted by Gasteiger charge is 2.14. The van der Waals surface area contributed by atoms with Crippen LogP contribution in [0.3, 0.4) is 0 Å². The van der Waals surface area contributed by atoms with Crippen LogP contribution >= 0.6 is 23.2 Å². The second kappa shape index (κ2) is 11.3. The number of nitriles is 1. The average Bonchev–Trinajstić information content (AvgIpc) is 2.82. The molecule has 3 aromatic rings. The Labute approximate surface area is 201 Å². The fourth-order valence-corrected chi connectivity index (χ4v) is 3.22. The summed E-state index contributed by atoms with van der Waals surface area (Å²) in [6, 6.07) is 19.2. The zero-order chi connectivity index (χ0) is 23.8. The van der Waals surface area contributed by atoms with Gasteiger partial charge in [0.1, 0.15) is 24.0 Å². The van der Waals surface area contributed by atoms with Crippen LogP contribution in [0, 0.1) is 11.3 Å². The summed E-state index contributed by atoms with van der Waals surface area (Å²) in [6.07, 6.45) is 1.46. The van der Waals surface area contributed by atoms with Crippen molar-refractivity contribution in [3.8, 4) is 23.3 Å². The van der Waals surface area contributed by atoms with E-state index < -0.39 is 5.91 Å². The number of carbonyl (C=O) groups is 1. The number of nitrogens with one attached hydrogen (secondary N) is 1. The van der Waals surface area contributed by atoms with E-state index >= 15 is 0 Å². The molecule has 0 heterocycles. The van der Waals surface area contributed by atoms with Gasteiger partial charge in [-0.05, 0) is 59.7 Å². The number of halogens is 2. The minimum absolute atomic E-state index is 0.103. The molecule has 3 rings (SSSR count). The van der Waals surface area contributed by atoms with Crippen molar-refractivity contribution in [1.82, 2.24) is 0 Å². The van der Waals surface area contributed by atoms with Gasteiger partial charge in [-0.25, -0.2) is 0 Å². The Morgan fingerprint density at radius 2 is 1.61 bits per heavy atom. The van der Waals surface area contributed by atoms with E-state index in [1.807, 2.05) is 18.2 Å². The minimum Gasteiger partial charge on any atom is -0.495 e. The average molecular weight is 483 g/mol. The summed E-state index contributed by atoms with van der Waals surface area (Å²) < 4.78 is 16.5. The zero-order valence-corrected chi connectivity index (χ0v) is 19.4. The van der Waals surface area contributed by atoms with E-state index in [1.165, 1.54) is 20.3 Å². The molecule has 33 heavy (non-hydrogen) atoms. The van der Waals surface area contributed by atoms with Gasteiger partial charge in [-0.15, -0.1) is 0 Å². The Bertz CT molecular complexity index is 1220. The number of carbonyl (C=O) groups excluding carboxylic acids is 1. The lowest BCUT2D eigenvalue weighted by molar-refractivity contribution is -0.112. The molecule has 0 radical (unpaired) electrons. The molecule has 6 nitrogen and oxygen atoms in total. The minimum atomic E-state index is -0.597. The number of amides is 1. The van der Waals surface area contributed by atoms with Crippen LogP contribution in [0.5, 0.6) is 17.2 Å². The lowest BCUT2D eigenvalue weighted by atomic mass is 10.1. The zero-order valence-electron chi connectivity index (χ0n) is 17.9. The summed E-state index contributed by atoms with van der Waals surface area (Å²) >= 11 is 11.9. The number of nitrogens with zero attached hydrogens (tertiary/aromatic N) is 1. The van der Waals surface area contributed by atoms with Crippen molar-refractivity contribution >= 4 is 40.9 Å². The van der Waals surface area contributed by atoms with Crippen molar-refractivity contribution in [3.63, 3.8) is 0 Å². The Kier molecular flexibility index (Phi) is 8.20. The molecule has 0 fully saturated rings. The third kappa shape index (κ3) is 6.42. The second-order valence-corrected chi connectivity index (χ2v) is 7.67. The van der Waals surface area contributed by atoms with Crippen molar-refractivity contribution in [3.05, 3.63) is 87.4 Å². The first-order valence-electron chi connectivity index (χ1n) is 9.75.